The highest BCUT2D eigenvalue weighted by Crippen LogP contribution is 2.24. The molecule has 2 fully saturated rings. The zero-order valence-corrected chi connectivity index (χ0v) is 13.0. The van der Waals surface area contributed by atoms with Crippen LogP contribution in [0.5, 0.6) is 0 Å². The first-order valence-corrected chi connectivity index (χ1v) is 9.15. The van der Waals surface area contributed by atoms with Crippen molar-refractivity contribution in [3.63, 3.8) is 0 Å². The number of carbonyl (C=O) groups excluding carboxylic acids is 1. The summed E-state index contributed by atoms with van der Waals surface area (Å²) in [6, 6.07) is -0.783. The van der Waals surface area contributed by atoms with Crippen molar-refractivity contribution >= 4 is 21.8 Å². The van der Waals surface area contributed by atoms with Crippen molar-refractivity contribution in [3.8, 4) is 0 Å². The first-order valence-electron chi connectivity index (χ1n) is 7.33. The second-order valence-electron chi connectivity index (χ2n) is 5.74. The summed E-state index contributed by atoms with van der Waals surface area (Å²) in [5.74, 6) is -1.42. The van der Waals surface area contributed by atoms with Gasteiger partial charge in [0, 0.05) is 19.1 Å². The van der Waals surface area contributed by atoms with Crippen molar-refractivity contribution in [2.24, 2.45) is 0 Å². The average Bonchev–Trinajstić information content (AvgIpc) is 2.84. The number of amides is 2. The number of urea groups is 1. The van der Waals surface area contributed by atoms with Gasteiger partial charge in [0.2, 0.25) is 0 Å². The number of carboxylic acids is 1. The van der Waals surface area contributed by atoms with Crippen molar-refractivity contribution in [2.45, 2.75) is 44.7 Å². The molecule has 7 nitrogen and oxygen atoms in total. The monoisotopic (exact) mass is 318 g/mol. The molecule has 2 heterocycles. The van der Waals surface area contributed by atoms with Crippen LogP contribution in [0.4, 0.5) is 4.79 Å². The Hall–Kier alpha value is -1.31. The van der Waals surface area contributed by atoms with E-state index in [1.807, 2.05) is 6.92 Å². The SMILES string of the molecule is CCC1CCCN1C(=O)N1CCS(=O)(=O)CC1CC(=O)O. The molecule has 0 radical (unpaired) electrons. The highest BCUT2D eigenvalue weighted by molar-refractivity contribution is 7.91. The minimum atomic E-state index is -3.26. The number of sulfone groups is 1. The summed E-state index contributed by atoms with van der Waals surface area (Å²) in [6.07, 6.45) is 2.44. The molecule has 0 aliphatic carbocycles. The van der Waals surface area contributed by atoms with E-state index < -0.39 is 21.8 Å². The second-order valence-corrected chi connectivity index (χ2v) is 7.97. The van der Waals surface area contributed by atoms with E-state index >= 15 is 0 Å². The molecule has 0 bridgehead atoms. The Balaban J connectivity index is 2.15. The van der Waals surface area contributed by atoms with Gasteiger partial charge in [-0.15, -0.1) is 0 Å². The highest BCUT2D eigenvalue weighted by Gasteiger charge is 2.39. The standard InChI is InChI=1S/C13H22N2O5S/c1-2-10-4-3-5-14(10)13(18)15-6-7-21(19,20)9-11(15)8-12(16)17/h10-11H,2-9H2,1H3,(H,16,17). The summed E-state index contributed by atoms with van der Waals surface area (Å²) in [6.45, 7) is 2.78. The number of carbonyl (C=O) groups is 2. The summed E-state index contributed by atoms with van der Waals surface area (Å²) < 4.78 is 23.4. The summed E-state index contributed by atoms with van der Waals surface area (Å²) in [4.78, 5) is 26.8. The normalized spacial score (nSPS) is 28.6. The van der Waals surface area contributed by atoms with Gasteiger partial charge in [0.25, 0.3) is 0 Å². The van der Waals surface area contributed by atoms with Crippen LogP contribution in [0.1, 0.15) is 32.6 Å². The van der Waals surface area contributed by atoms with Gasteiger partial charge in [-0.05, 0) is 19.3 Å². The van der Waals surface area contributed by atoms with Crippen LogP contribution in [0.2, 0.25) is 0 Å². The number of hydrogen-bond acceptors (Lipinski definition) is 4. The van der Waals surface area contributed by atoms with Gasteiger partial charge < -0.3 is 14.9 Å². The topological polar surface area (TPSA) is 95.0 Å². The van der Waals surface area contributed by atoms with Crippen molar-refractivity contribution in [2.75, 3.05) is 24.6 Å². The first kappa shape index (κ1) is 16.1. The lowest BCUT2D eigenvalue weighted by atomic mass is 10.1. The third-order valence-corrected chi connectivity index (χ3v) is 5.98. The molecule has 2 aliphatic heterocycles. The van der Waals surface area contributed by atoms with Crippen molar-refractivity contribution in [3.05, 3.63) is 0 Å². The Morgan fingerprint density at radius 3 is 2.48 bits per heavy atom. The summed E-state index contributed by atoms with van der Waals surface area (Å²) in [5.41, 5.74) is 0. The van der Waals surface area contributed by atoms with E-state index in [0.717, 1.165) is 19.3 Å². The van der Waals surface area contributed by atoms with Crippen LogP contribution in [-0.2, 0) is 14.6 Å². The van der Waals surface area contributed by atoms with Gasteiger partial charge in [-0.3, -0.25) is 4.79 Å². The summed E-state index contributed by atoms with van der Waals surface area (Å²) in [7, 11) is -3.26. The number of aliphatic carboxylic acids is 1. The summed E-state index contributed by atoms with van der Waals surface area (Å²) >= 11 is 0. The van der Waals surface area contributed by atoms with Crippen LogP contribution in [0, 0.1) is 0 Å². The van der Waals surface area contributed by atoms with Crippen molar-refractivity contribution in [1.29, 1.82) is 0 Å². The first-order chi connectivity index (χ1) is 9.84. The van der Waals surface area contributed by atoms with Crippen LogP contribution in [0.3, 0.4) is 0 Å². The molecule has 0 saturated carbocycles. The Morgan fingerprint density at radius 1 is 1.19 bits per heavy atom. The quantitative estimate of drug-likeness (QED) is 0.820. The molecule has 2 saturated heterocycles. The van der Waals surface area contributed by atoms with Crippen LogP contribution in [0.15, 0.2) is 0 Å². The third-order valence-electron chi connectivity index (χ3n) is 4.28. The van der Waals surface area contributed by atoms with Crippen molar-refractivity contribution in [1.82, 2.24) is 9.80 Å². The van der Waals surface area contributed by atoms with E-state index in [4.69, 9.17) is 5.11 Å². The molecule has 21 heavy (non-hydrogen) atoms. The molecule has 0 aromatic heterocycles. The molecule has 2 atom stereocenters. The molecular formula is C13H22N2O5S. The molecule has 0 spiro atoms. The number of nitrogens with zero attached hydrogens (tertiary/aromatic N) is 2. The molecule has 0 aromatic rings. The fourth-order valence-corrected chi connectivity index (χ4v) is 4.71. The molecular weight excluding hydrogens is 296 g/mol. The number of likely N-dealkylation sites (tertiary alicyclic amines) is 1. The van der Waals surface area contributed by atoms with Gasteiger partial charge in [-0.1, -0.05) is 6.92 Å². The zero-order valence-electron chi connectivity index (χ0n) is 12.2. The largest absolute Gasteiger partial charge is 0.481 e. The average molecular weight is 318 g/mol. The number of carboxylic acid groups (broad SMARTS) is 1. The highest BCUT2D eigenvalue weighted by atomic mass is 32.2. The molecule has 120 valence electrons. The lowest BCUT2D eigenvalue weighted by Gasteiger charge is -2.38. The summed E-state index contributed by atoms with van der Waals surface area (Å²) in [5, 5.41) is 8.95. The third kappa shape index (κ3) is 3.66. The maximum Gasteiger partial charge on any atom is 0.320 e. The van der Waals surface area contributed by atoms with Crippen LogP contribution in [-0.4, -0.2) is 72.0 Å². The molecule has 2 unspecified atom stereocenters. The van der Waals surface area contributed by atoms with E-state index in [9.17, 15) is 18.0 Å². The van der Waals surface area contributed by atoms with Crippen LogP contribution >= 0.6 is 0 Å². The van der Waals surface area contributed by atoms with Gasteiger partial charge >= 0.3 is 12.0 Å². The zero-order chi connectivity index (χ0) is 15.6. The fraction of sp³-hybridized carbons (Fsp3) is 0.846. The van der Waals surface area contributed by atoms with E-state index in [0.29, 0.717) is 6.54 Å². The smallest absolute Gasteiger partial charge is 0.320 e. The Bertz CT molecular complexity index is 519. The van der Waals surface area contributed by atoms with Crippen LogP contribution < -0.4 is 0 Å². The molecule has 2 aliphatic rings. The Kier molecular flexibility index (Phi) is 4.75. The molecule has 0 aromatic carbocycles. The van der Waals surface area contributed by atoms with Gasteiger partial charge in [-0.2, -0.15) is 0 Å². The Morgan fingerprint density at radius 2 is 1.86 bits per heavy atom. The Labute approximate surface area is 124 Å². The van der Waals surface area contributed by atoms with E-state index in [1.54, 1.807) is 4.90 Å². The van der Waals surface area contributed by atoms with E-state index in [2.05, 4.69) is 0 Å². The fourth-order valence-electron chi connectivity index (χ4n) is 3.19. The van der Waals surface area contributed by atoms with Crippen LogP contribution in [0.25, 0.3) is 0 Å². The van der Waals surface area contributed by atoms with Gasteiger partial charge in [0.1, 0.15) is 0 Å². The second kappa shape index (κ2) is 6.21. The predicted molar refractivity (Wildman–Crippen MR) is 76.8 cm³/mol. The number of rotatable bonds is 3. The van der Waals surface area contributed by atoms with Gasteiger partial charge in [0.15, 0.2) is 9.84 Å². The minimum absolute atomic E-state index is 0.0838. The van der Waals surface area contributed by atoms with Gasteiger partial charge in [0.05, 0.1) is 24.0 Å². The van der Waals surface area contributed by atoms with Crippen molar-refractivity contribution < 1.29 is 23.1 Å². The maximum atomic E-state index is 12.6. The number of hydrogen-bond donors (Lipinski definition) is 1. The molecule has 2 rings (SSSR count). The maximum absolute atomic E-state index is 12.6. The van der Waals surface area contributed by atoms with E-state index in [1.165, 1.54) is 4.90 Å². The molecule has 8 heteroatoms. The minimum Gasteiger partial charge on any atom is -0.481 e. The van der Waals surface area contributed by atoms with Gasteiger partial charge in [-0.25, -0.2) is 13.2 Å². The molecule has 1 N–H and O–H groups in total. The lowest BCUT2D eigenvalue weighted by molar-refractivity contribution is -0.138. The van der Waals surface area contributed by atoms with E-state index in [-0.39, 0.29) is 36.5 Å². The predicted octanol–water partition coefficient (Wildman–Crippen LogP) is 0.555. The lowest BCUT2D eigenvalue weighted by Crippen LogP contribution is -2.56. The molecule has 2 amide bonds.